The van der Waals surface area contributed by atoms with Crippen molar-refractivity contribution in [2.45, 2.75) is 59.8 Å². The molecule has 1 rings (SSSR count). The second-order valence-electron chi connectivity index (χ2n) is 6.50. The average molecular weight is 212 g/mol. The minimum Gasteiger partial charge on any atom is -0.481 e. The van der Waals surface area contributed by atoms with E-state index < -0.39 is 11.4 Å². The Morgan fingerprint density at radius 1 is 1.33 bits per heavy atom. The van der Waals surface area contributed by atoms with Gasteiger partial charge in [-0.25, -0.2) is 0 Å². The van der Waals surface area contributed by atoms with Crippen molar-refractivity contribution in [3.63, 3.8) is 0 Å². The van der Waals surface area contributed by atoms with E-state index in [0.717, 1.165) is 6.42 Å². The Balaban J connectivity index is 2.46. The van der Waals surface area contributed by atoms with Crippen molar-refractivity contribution in [3.05, 3.63) is 0 Å². The van der Waals surface area contributed by atoms with E-state index in [1.165, 1.54) is 25.7 Å². The molecule has 2 heteroatoms. The minimum absolute atomic E-state index is 0.476. The zero-order valence-electron chi connectivity index (χ0n) is 10.5. The number of hydrogen-bond donors (Lipinski definition) is 1. The fourth-order valence-electron chi connectivity index (χ4n) is 2.47. The summed E-state index contributed by atoms with van der Waals surface area (Å²) in [6.45, 7) is 8.31. The molecular formula is C13H24O2. The molecule has 2 nitrogen and oxygen atoms in total. The van der Waals surface area contributed by atoms with Gasteiger partial charge in [-0.05, 0) is 57.3 Å². The highest BCUT2D eigenvalue weighted by molar-refractivity contribution is 5.73. The lowest BCUT2D eigenvalue weighted by molar-refractivity contribution is -0.148. The van der Waals surface area contributed by atoms with Gasteiger partial charge in [0.2, 0.25) is 0 Å². The Morgan fingerprint density at radius 3 is 2.20 bits per heavy atom. The molecule has 0 aromatic rings. The van der Waals surface area contributed by atoms with Crippen molar-refractivity contribution in [1.29, 1.82) is 0 Å². The molecule has 0 radical (unpaired) electrons. The third kappa shape index (κ3) is 3.51. The molecule has 1 fully saturated rings. The first kappa shape index (κ1) is 12.5. The molecule has 1 saturated carbocycles. The molecule has 1 aliphatic rings. The zero-order chi connectivity index (χ0) is 11.7. The highest BCUT2D eigenvalue weighted by Gasteiger charge is 2.34. The van der Waals surface area contributed by atoms with E-state index in [2.05, 4.69) is 13.8 Å². The van der Waals surface area contributed by atoms with Crippen LogP contribution in [0.1, 0.15) is 59.8 Å². The van der Waals surface area contributed by atoms with Crippen LogP contribution in [0.3, 0.4) is 0 Å². The van der Waals surface area contributed by atoms with Gasteiger partial charge in [-0.3, -0.25) is 4.79 Å². The maximum Gasteiger partial charge on any atom is 0.309 e. The van der Waals surface area contributed by atoms with Crippen molar-refractivity contribution in [2.24, 2.45) is 16.7 Å². The lowest BCUT2D eigenvalue weighted by atomic mass is 9.69. The van der Waals surface area contributed by atoms with E-state index in [1.54, 1.807) is 0 Å². The summed E-state index contributed by atoms with van der Waals surface area (Å²) in [5.74, 6) is -0.0449. The van der Waals surface area contributed by atoms with Crippen LogP contribution in [0.15, 0.2) is 0 Å². The quantitative estimate of drug-likeness (QED) is 0.774. The van der Waals surface area contributed by atoms with Gasteiger partial charge in [-0.2, -0.15) is 0 Å². The van der Waals surface area contributed by atoms with Crippen LogP contribution in [-0.4, -0.2) is 11.1 Å². The average Bonchev–Trinajstić information content (AvgIpc) is 2.08. The Hall–Kier alpha value is -0.530. The van der Waals surface area contributed by atoms with Crippen LogP contribution < -0.4 is 0 Å². The van der Waals surface area contributed by atoms with E-state index in [-0.39, 0.29) is 0 Å². The van der Waals surface area contributed by atoms with Gasteiger partial charge in [-0.15, -0.1) is 0 Å². The van der Waals surface area contributed by atoms with Crippen molar-refractivity contribution in [2.75, 3.05) is 0 Å². The minimum atomic E-state index is -0.660. The van der Waals surface area contributed by atoms with Gasteiger partial charge >= 0.3 is 5.97 Å². The van der Waals surface area contributed by atoms with Crippen LogP contribution in [0.25, 0.3) is 0 Å². The molecule has 0 amide bonds. The predicted octanol–water partition coefficient (Wildman–Crippen LogP) is 3.70. The van der Waals surface area contributed by atoms with E-state index >= 15 is 0 Å². The van der Waals surface area contributed by atoms with Gasteiger partial charge in [0.05, 0.1) is 5.41 Å². The van der Waals surface area contributed by atoms with Gasteiger partial charge < -0.3 is 5.11 Å². The molecule has 0 saturated heterocycles. The van der Waals surface area contributed by atoms with E-state index in [9.17, 15) is 4.79 Å². The van der Waals surface area contributed by atoms with Crippen molar-refractivity contribution >= 4 is 5.97 Å². The molecule has 0 aliphatic heterocycles. The third-order valence-corrected chi connectivity index (χ3v) is 3.84. The molecule has 0 aromatic heterocycles. The molecule has 0 aromatic carbocycles. The standard InChI is InChI=1S/C13H24O2/c1-12(2)7-5-10(6-8-12)9-13(3,4)11(14)15/h10H,5-9H2,1-4H3,(H,14,15). The normalized spacial score (nSPS) is 22.7. The van der Waals surface area contributed by atoms with Gasteiger partial charge in [0.25, 0.3) is 0 Å². The van der Waals surface area contributed by atoms with Gasteiger partial charge in [0.1, 0.15) is 0 Å². The fourth-order valence-corrected chi connectivity index (χ4v) is 2.47. The number of aliphatic carboxylic acids is 1. The Morgan fingerprint density at radius 2 is 1.80 bits per heavy atom. The molecule has 1 N–H and O–H groups in total. The second kappa shape index (κ2) is 4.15. The van der Waals surface area contributed by atoms with Gasteiger partial charge in [-0.1, -0.05) is 13.8 Å². The summed E-state index contributed by atoms with van der Waals surface area (Å²) in [6.07, 6.45) is 5.71. The zero-order valence-corrected chi connectivity index (χ0v) is 10.5. The van der Waals surface area contributed by atoms with Crippen LogP contribution in [0.2, 0.25) is 0 Å². The Kier molecular flexibility index (Phi) is 3.47. The highest BCUT2D eigenvalue weighted by Crippen LogP contribution is 2.42. The van der Waals surface area contributed by atoms with E-state index in [1.807, 2.05) is 13.8 Å². The first-order chi connectivity index (χ1) is 6.73. The lowest BCUT2D eigenvalue weighted by Crippen LogP contribution is -2.30. The Labute approximate surface area is 93.1 Å². The molecule has 15 heavy (non-hydrogen) atoms. The topological polar surface area (TPSA) is 37.3 Å². The van der Waals surface area contributed by atoms with Gasteiger partial charge in [0, 0.05) is 0 Å². The summed E-state index contributed by atoms with van der Waals surface area (Å²) in [5, 5.41) is 9.07. The molecule has 0 atom stereocenters. The molecule has 0 bridgehead atoms. The van der Waals surface area contributed by atoms with Crippen LogP contribution in [0, 0.1) is 16.7 Å². The van der Waals surface area contributed by atoms with Crippen LogP contribution in [-0.2, 0) is 4.79 Å². The molecule has 0 heterocycles. The predicted molar refractivity (Wildman–Crippen MR) is 61.8 cm³/mol. The summed E-state index contributed by atoms with van der Waals surface area (Å²) in [4.78, 5) is 11.0. The fraction of sp³-hybridized carbons (Fsp3) is 0.923. The monoisotopic (exact) mass is 212 g/mol. The Bertz CT molecular complexity index is 231. The summed E-state index contributed by atoms with van der Waals surface area (Å²) in [5.41, 5.74) is -0.0734. The maximum atomic E-state index is 11.0. The molecule has 1 aliphatic carbocycles. The van der Waals surface area contributed by atoms with Crippen molar-refractivity contribution < 1.29 is 9.90 Å². The van der Waals surface area contributed by atoms with Gasteiger partial charge in [0.15, 0.2) is 0 Å². The lowest BCUT2D eigenvalue weighted by Gasteiger charge is -2.36. The summed E-state index contributed by atoms with van der Waals surface area (Å²) >= 11 is 0. The smallest absolute Gasteiger partial charge is 0.309 e. The summed E-state index contributed by atoms with van der Waals surface area (Å²) in [6, 6.07) is 0. The first-order valence-corrected chi connectivity index (χ1v) is 5.96. The van der Waals surface area contributed by atoms with Crippen LogP contribution >= 0.6 is 0 Å². The molecular weight excluding hydrogens is 188 g/mol. The molecule has 88 valence electrons. The summed E-state index contributed by atoms with van der Waals surface area (Å²) in [7, 11) is 0. The van der Waals surface area contributed by atoms with Crippen LogP contribution in [0.4, 0.5) is 0 Å². The number of hydrogen-bond acceptors (Lipinski definition) is 1. The van der Waals surface area contributed by atoms with Crippen molar-refractivity contribution in [3.8, 4) is 0 Å². The van der Waals surface area contributed by atoms with Crippen molar-refractivity contribution in [1.82, 2.24) is 0 Å². The SMILES string of the molecule is CC1(C)CCC(CC(C)(C)C(=O)O)CC1. The highest BCUT2D eigenvalue weighted by atomic mass is 16.4. The molecule has 0 spiro atoms. The molecule has 0 unspecified atom stereocenters. The second-order valence-corrected chi connectivity index (χ2v) is 6.50. The number of rotatable bonds is 3. The number of carboxylic acid groups (broad SMARTS) is 1. The first-order valence-electron chi connectivity index (χ1n) is 5.96. The summed E-state index contributed by atoms with van der Waals surface area (Å²) < 4.78 is 0. The number of carbonyl (C=O) groups is 1. The largest absolute Gasteiger partial charge is 0.481 e. The van der Waals surface area contributed by atoms with Crippen LogP contribution in [0.5, 0.6) is 0 Å². The maximum absolute atomic E-state index is 11.0. The van der Waals surface area contributed by atoms with E-state index in [0.29, 0.717) is 11.3 Å². The third-order valence-electron chi connectivity index (χ3n) is 3.84. The van der Waals surface area contributed by atoms with E-state index in [4.69, 9.17) is 5.11 Å². The number of carboxylic acids is 1.